The monoisotopic (exact) mass is 311 g/mol. The van der Waals surface area contributed by atoms with Crippen LogP contribution in [0, 0.1) is 0 Å². The number of nitrogens with one attached hydrogen (secondary N) is 1. The predicted octanol–water partition coefficient (Wildman–Crippen LogP) is 2.16. The summed E-state index contributed by atoms with van der Waals surface area (Å²) in [7, 11) is -3.24. The van der Waals surface area contributed by atoms with E-state index in [1.54, 1.807) is 18.3 Å². The summed E-state index contributed by atoms with van der Waals surface area (Å²) in [5.74, 6) is 0.463. The Labute approximate surface area is 127 Å². The molecule has 1 aromatic rings. The first-order chi connectivity index (χ1) is 10.0. The summed E-state index contributed by atoms with van der Waals surface area (Å²) in [4.78, 5) is 6.93. The van der Waals surface area contributed by atoms with Gasteiger partial charge in [-0.05, 0) is 37.9 Å². The van der Waals surface area contributed by atoms with Gasteiger partial charge in [0.1, 0.15) is 10.7 Å². The lowest BCUT2D eigenvalue weighted by atomic mass is 10.0. The fourth-order valence-electron chi connectivity index (χ4n) is 2.96. The topological polar surface area (TPSA) is 62.3 Å². The number of nitrogens with zero attached hydrogens (tertiary/aromatic N) is 2. The molecule has 0 spiro atoms. The van der Waals surface area contributed by atoms with Gasteiger partial charge in [0.2, 0.25) is 0 Å². The third kappa shape index (κ3) is 4.41. The molecule has 118 valence electrons. The van der Waals surface area contributed by atoms with Gasteiger partial charge in [0, 0.05) is 31.6 Å². The fraction of sp³-hybridized carbons (Fsp3) is 0.667. The van der Waals surface area contributed by atoms with E-state index in [1.807, 2.05) is 0 Å². The first-order valence-electron chi connectivity index (χ1n) is 7.65. The molecule has 0 amide bonds. The lowest BCUT2D eigenvalue weighted by Gasteiger charge is -2.35. The Balaban J connectivity index is 1.95. The molecule has 1 unspecified atom stereocenters. The van der Waals surface area contributed by atoms with Crippen molar-refractivity contribution in [2.24, 2.45) is 0 Å². The van der Waals surface area contributed by atoms with Gasteiger partial charge in [0.15, 0.2) is 9.84 Å². The maximum Gasteiger partial charge on any atom is 0.179 e. The molecule has 5 nitrogen and oxygen atoms in total. The van der Waals surface area contributed by atoms with Crippen LogP contribution in [0.4, 0.5) is 5.82 Å². The number of piperidine rings is 1. The van der Waals surface area contributed by atoms with Crippen LogP contribution in [0.3, 0.4) is 0 Å². The van der Waals surface area contributed by atoms with Gasteiger partial charge in [-0.1, -0.05) is 13.3 Å². The van der Waals surface area contributed by atoms with E-state index >= 15 is 0 Å². The quantitative estimate of drug-likeness (QED) is 0.872. The van der Waals surface area contributed by atoms with Crippen molar-refractivity contribution in [1.82, 2.24) is 9.88 Å². The summed E-state index contributed by atoms with van der Waals surface area (Å²) in [6.45, 7) is 5.02. The average molecular weight is 311 g/mol. The van der Waals surface area contributed by atoms with Gasteiger partial charge in [-0.15, -0.1) is 0 Å². The summed E-state index contributed by atoms with van der Waals surface area (Å²) >= 11 is 0. The zero-order chi connectivity index (χ0) is 15.3. The van der Waals surface area contributed by atoms with Crippen molar-refractivity contribution in [2.45, 2.75) is 43.5 Å². The molecule has 0 radical (unpaired) electrons. The molecule has 1 aliphatic rings. The first kappa shape index (κ1) is 16.2. The molecular weight excluding hydrogens is 286 g/mol. The smallest absolute Gasteiger partial charge is 0.179 e. The van der Waals surface area contributed by atoms with E-state index in [-0.39, 0.29) is 4.90 Å². The highest BCUT2D eigenvalue weighted by Gasteiger charge is 2.20. The third-order valence-corrected chi connectivity index (χ3v) is 5.21. The second kappa shape index (κ2) is 7.22. The van der Waals surface area contributed by atoms with E-state index in [0.29, 0.717) is 11.9 Å². The van der Waals surface area contributed by atoms with Crippen LogP contribution in [-0.4, -0.2) is 50.2 Å². The van der Waals surface area contributed by atoms with Crippen LogP contribution < -0.4 is 5.32 Å². The number of aromatic nitrogens is 1. The van der Waals surface area contributed by atoms with Gasteiger partial charge in [0.05, 0.1) is 0 Å². The minimum Gasteiger partial charge on any atom is -0.368 e. The Kier molecular flexibility index (Phi) is 5.58. The number of pyridine rings is 1. The molecule has 2 heterocycles. The summed E-state index contributed by atoms with van der Waals surface area (Å²) in [6.07, 6.45) is 7.86. The van der Waals surface area contributed by atoms with E-state index in [4.69, 9.17) is 0 Å². The summed E-state index contributed by atoms with van der Waals surface area (Å²) in [5.41, 5.74) is 0. The van der Waals surface area contributed by atoms with Crippen LogP contribution in [0.5, 0.6) is 0 Å². The molecule has 1 atom stereocenters. The molecule has 0 aromatic carbocycles. The minimum absolute atomic E-state index is 0.274. The molecule has 1 fully saturated rings. The maximum atomic E-state index is 11.7. The van der Waals surface area contributed by atoms with Crippen molar-refractivity contribution >= 4 is 15.7 Å². The second-order valence-corrected chi connectivity index (χ2v) is 7.63. The second-order valence-electron chi connectivity index (χ2n) is 5.64. The summed E-state index contributed by atoms with van der Waals surface area (Å²) in [6, 6.07) is 3.92. The molecule has 2 rings (SSSR count). The van der Waals surface area contributed by atoms with E-state index < -0.39 is 9.84 Å². The fourth-order valence-corrected chi connectivity index (χ4v) is 3.76. The molecule has 0 bridgehead atoms. The normalized spacial score (nSPS) is 20.4. The van der Waals surface area contributed by atoms with E-state index in [0.717, 1.165) is 19.6 Å². The molecule has 0 saturated carbocycles. The number of likely N-dealkylation sites (tertiary alicyclic amines) is 1. The first-order valence-corrected chi connectivity index (χ1v) is 9.54. The van der Waals surface area contributed by atoms with Crippen molar-refractivity contribution in [2.75, 3.05) is 31.2 Å². The van der Waals surface area contributed by atoms with Gasteiger partial charge in [-0.25, -0.2) is 13.4 Å². The van der Waals surface area contributed by atoms with Crippen molar-refractivity contribution in [3.63, 3.8) is 0 Å². The van der Waals surface area contributed by atoms with Crippen molar-refractivity contribution in [1.29, 1.82) is 0 Å². The van der Waals surface area contributed by atoms with E-state index in [9.17, 15) is 8.42 Å². The zero-order valence-corrected chi connectivity index (χ0v) is 13.7. The highest BCUT2D eigenvalue weighted by Crippen LogP contribution is 2.20. The number of anilines is 1. The summed E-state index contributed by atoms with van der Waals surface area (Å²) < 4.78 is 23.5. The molecule has 1 N–H and O–H groups in total. The van der Waals surface area contributed by atoms with Crippen molar-refractivity contribution in [3.8, 4) is 0 Å². The molecule has 6 heteroatoms. The van der Waals surface area contributed by atoms with Gasteiger partial charge < -0.3 is 5.32 Å². The minimum atomic E-state index is -3.24. The summed E-state index contributed by atoms with van der Waals surface area (Å²) in [5, 5.41) is 3.18. The van der Waals surface area contributed by atoms with E-state index in [1.165, 1.54) is 31.9 Å². The Morgan fingerprint density at radius 2 is 2.24 bits per heavy atom. The van der Waals surface area contributed by atoms with Gasteiger partial charge in [-0.3, -0.25) is 4.90 Å². The number of sulfone groups is 1. The highest BCUT2D eigenvalue weighted by molar-refractivity contribution is 7.90. The largest absolute Gasteiger partial charge is 0.368 e. The third-order valence-electron chi connectivity index (χ3n) is 4.08. The average Bonchev–Trinajstić information content (AvgIpc) is 2.47. The molecule has 1 aliphatic heterocycles. The van der Waals surface area contributed by atoms with Crippen LogP contribution >= 0.6 is 0 Å². The van der Waals surface area contributed by atoms with Gasteiger partial charge >= 0.3 is 0 Å². The standard InChI is InChI=1S/C15H25N3O2S/c1-3-13-7-4-5-11-18(13)12-10-17-15-14(21(2,19)20)8-6-9-16-15/h6,8-9,13H,3-5,7,10-12H2,1-2H3,(H,16,17). The lowest BCUT2D eigenvalue weighted by molar-refractivity contribution is 0.150. The molecule has 1 aromatic heterocycles. The van der Waals surface area contributed by atoms with Gasteiger partial charge in [-0.2, -0.15) is 0 Å². The lowest BCUT2D eigenvalue weighted by Crippen LogP contribution is -2.41. The highest BCUT2D eigenvalue weighted by atomic mass is 32.2. The molecular formula is C15H25N3O2S. The van der Waals surface area contributed by atoms with Crippen molar-refractivity contribution in [3.05, 3.63) is 18.3 Å². The molecule has 21 heavy (non-hydrogen) atoms. The number of hydrogen-bond acceptors (Lipinski definition) is 5. The van der Waals surface area contributed by atoms with Crippen molar-refractivity contribution < 1.29 is 8.42 Å². The predicted molar refractivity (Wildman–Crippen MR) is 85.3 cm³/mol. The van der Waals surface area contributed by atoms with Crippen LogP contribution in [0.2, 0.25) is 0 Å². The van der Waals surface area contributed by atoms with Crippen LogP contribution in [0.1, 0.15) is 32.6 Å². The Bertz CT molecular complexity index is 560. The zero-order valence-electron chi connectivity index (χ0n) is 12.9. The van der Waals surface area contributed by atoms with Crippen LogP contribution in [0.15, 0.2) is 23.2 Å². The Morgan fingerprint density at radius 3 is 2.95 bits per heavy atom. The SMILES string of the molecule is CCC1CCCCN1CCNc1ncccc1S(C)(=O)=O. The van der Waals surface area contributed by atoms with E-state index in [2.05, 4.69) is 22.1 Å². The molecule has 0 aliphatic carbocycles. The van der Waals surface area contributed by atoms with Crippen LogP contribution in [-0.2, 0) is 9.84 Å². The van der Waals surface area contributed by atoms with Crippen LogP contribution in [0.25, 0.3) is 0 Å². The number of hydrogen-bond donors (Lipinski definition) is 1. The maximum absolute atomic E-state index is 11.7. The molecule has 1 saturated heterocycles. The number of rotatable bonds is 6. The van der Waals surface area contributed by atoms with Gasteiger partial charge in [0.25, 0.3) is 0 Å². The Hall–Kier alpha value is -1.14. The Morgan fingerprint density at radius 1 is 1.43 bits per heavy atom.